The molecule has 2 aromatic rings. The van der Waals surface area contributed by atoms with E-state index in [0.29, 0.717) is 12.2 Å². The van der Waals surface area contributed by atoms with Crippen molar-refractivity contribution in [1.82, 2.24) is 15.0 Å². The van der Waals surface area contributed by atoms with Gasteiger partial charge in [-0.2, -0.15) is 0 Å². The maximum atomic E-state index is 12.6. The third-order valence-corrected chi connectivity index (χ3v) is 6.26. The molecule has 1 saturated carbocycles. The third kappa shape index (κ3) is 4.30. The molecular formula is C16H18N4O5S2. The van der Waals surface area contributed by atoms with Gasteiger partial charge in [0.2, 0.25) is 5.91 Å². The first-order valence-corrected chi connectivity index (χ1v) is 11.8. The first-order chi connectivity index (χ1) is 12.5. The number of nitrogens with one attached hydrogen (secondary N) is 1. The summed E-state index contributed by atoms with van der Waals surface area (Å²) in [6.45, 7) is 1.82. The minimum atomic E-state index is -3.71. The van der Waals surface area contributed by atoms with Crippen LogP contribution < -0.4 is 5.32 Å². The Hall–Kier alpha value is -2.40. The summed E-state index contributed by atoms with van der Waals surface area (Å²) in [5, 5.41) is 2.21. The van der Waals surface area contributed by atoms with E-state index < -0.39 is 31.5 Å². The average molecular weight is 410 g/mol. The molecule has 1 amide bonds. The molecule has 0 aromatic carbocycles. The van der Waals surface area contributed by atoms with Crippen LogP contribution in [-0.4, -0.2) is 50.2 Å². The molecule has 2 heterocycles. The van der Waals surface area contributed by atoms with Crippen molar-refractivity contribution < 1.29 is 21.6 Å². The number of rotatable bonds is 5. The Labute approximate surface area is 157 Å². The van der Waals surface area contributed by atoms with E-state index >= 15 is 0 Å². The molecule has 3 rings (SSSR count). The summed E-state index contributed by atoms with van der Waals surface area (Å²) in [5.74, 6) is -0.414. The number of aryl methyl sites for hydroxylation is 1. The Bertz CT molecular complexity index is 1130. The number of hydrogen-bond donors (Lipinski definition) is 1. The summed E-state index contributed by atoms with van der Waals surface area (Å²) in [5.41, 5.74) is 0.686. The van der Waals surface area contributed by atoms with Gasteiger partial charge in [0.05, 0.1) is 5.69 Å². The highest BCUT2D eigenvalue weighted by molar-refractivity contribution is 7.91. The Morgan fingerprint density at radius 2 is 1.85 bits per heavy atom. The summed E-state index contributed by atoms with van der Waals surface area (Å²) >= 11 is 0. The lowest BCUT2D eigenvalue weighted by Crippen LogP contribution is -2.18. The van der Waals surface area contributed by atoms with Gasteiger partial charge in [0.1, 0.15) is 10.7 Å². The van der Waals surface area contributed by atoms with Gasteiger partial charge in [0, 0.05) is 48.5 Å². The highest BCUT2D eigenvalue weighted by Gasteiger charge is 2.46. The molecule has 0 aliphatic heterocycles. The fourth-order valence-electron chi connectivity index (χ4n) is 2.66. The van der Waals surface area contributed by atoms with Crippen LogP contribution in [0.2, 0.25) is 0 Å². The van der Waals surface area contributed by atoms with Gasteiger partial charge in [-0.05, 0) is 19.4 Å². The van der Waals surface area contributed by atoms with Crippen LogP contribution in [0, 0.1) is 12.8 Å². The molecule has 11 heteroatoms. The minimum Gasteiger partial charge on any atom is -0.325 e. The summed E-state index contributed by atoms with van der Waals surface area (Å²) in [6.07, 6.45) is 5.00. The van der Waals surface area contributed by atoms with Crippen LogP contribution in [0.4, 0.5) is 5.69 Å². The number of hydrogen-bond acceptors (Lipinski definition) is 8. The van der Waals surface area contributed by atoms with E-state index in [0.717, 1.165) is 30.5 Å². The number of sulfone groups is 2. The van der Waals surface area contributed by atoms with Crippen molar-refractivity contribution in [1.29, 1.82) is 0 Å². The van der Waals surface area contributed by atoms with Crippen LogP contribution in [0.3, 0.4) is 0 Å². The summed E-state index contributed by atoms with van der Waals surface area (Å²) in [4.78, 5) is 24.5. The number of amides is 1. The van der Waals surface area contributed by atoms with Gasteiger partial charge in [-0.3, -0.25) is 4.79 Å². The van der Waals surface area contributed by atoms with Gasteiger partial charge in [-0.15, -0.1) is 0 Å². The predicted octanol–water partition coefficient (Wildman–Crippen LogP) is 0.729. The van der Waals surface area contributed by atoms with Crippen molar-refractivity contribution in [2.24, 2.45) is 5.92 Å². The molecule has 2 atom stereocenters. The second kappa shape index (κ2) is 6.64. The number of aromatic nitrogens is 3. The second-order valence-corrected chi connectivity index (χ2v) is 10.5. The highest BCUT2D eigenvalue weighted by atomic mass is 32.2. The predicted molar refractivity (Wildman–Crippen MR) is 96.7 cm³/mol. The number of nitrogens with zero attached hydrogens (tertiary/aromatic N) is 3. The minimum absolute atomic E-state index is 0.103. The lowest BCUT2D eigenvalue weighted by molar-refractivity contribution is -0.117. The van der Waals surface area contributed by atoms with Crippen molar-refractivity contribution in [3.05, 3.63) is 36.0 Å². The quantitative estimate of drug-likeness (QED) is 0.762. The van der Waals surface area contributed by atoms with E-state index in [-0.39, 0.29) is 21.5 Å². The Morgan fingerprint density at radius 3 is 2.44 bits per heavy atom. The molecular weight excluding hydrogens is 392 g/mol. The van der Waals surface area contributed by atoms with Crippen LogP contribution >= 0.6 is 0 Å². The van der Waals surface area contributed by atoms with Crippen LogP contribution in [-0.2, 0) is 24.5 Å². The van der Waals surface area contributed by atoms with Crippen molar-refractivity contribution in [3.8, 4) is 0 Å². The maximum Gasteiger partial charge on any atom is 0.228 e. The number of anilines is 1. The number of carbonyl (C=O) groups excluding carboxylic acids is 1. The molecule has 0 radical (unpaired) electrons. The van der Waals surface area contributed by atoms with Gasteiger partial charge in [0.15, 0.2) is 24.7 Å². The lowest BCUT2D eigenvalue weighted by atomic mass is 10.2. The van der Waals surface area contributed by atoms with Crippen molar-refractivity contribution in [2.75, 3.05) is 17.8 Å². The second-order valence-electron chi connectivity index (χ2n) is 6.56. The monoisotopic (exact) mass is 410 g/mol. The third-order valence-electron chi connectivity index (χ3n) is 4.15. The fourth-order valence-corrected chi connectivity index (χ4v) is 3.99. The lowest BCUT2D eigenvalue weighted by Gasteiger charge is -2.11. The first kappa shape index (κ1) is 19.4. The summed E-state index contributed by atoms with van der Waals surface area (Å²) in [6, 6.07) is 2.81. The number of carbonyl (C=O) groups is 1. The molecule has 2 unspecified atom stereocenters. The topological polar surface area (TPSA) is 136 Å². The normalized spacial score (nSPS) is 19.5. The summed E-state index contributed by atoms with van der Waals surface area (Å²) < 4.78 is 47.3. The van der Waals surface area contributed by atoms with E-state index in [1.807, 2.05) is 6.92 Å². The van der Waals surface area contributed by atoms with Crippen LogP contribution in [0.15, 0.2) is 34.4 Å². The average Bonchev–Trinajstić information content (AvgIpc) is 3.33. The van der Waals surface area contributed by atoms with Crippen molar-refractivity contribution >= 4 is 31.3 Å². The molecule has 0 saturated heterocycles. The Kier molecular flexibility index (Phi) is 4.76. The van der Waals surface area contributed by atoms with Gasteiger partial charge in [-0.1, -0.05) is 0 Å². The van der Waals surface area contributed by atoms with Gasteiger partial charge < -0.3 is 5.32 Å². The molecule has 1 aliphatic carbocycles. The van der Waals surface area contributed by atoms with E-state index in [2.05, 4.69) is 20.3 Å². The molecule has 1 fully saturated rings. The molecule has 27 heavy (non-hydrogen) atoms. The van der Waals surface area contributed by atoms with Gasteiger partial charge in [-0.25, -0.2) is 31.8 Å². The molecule has 0 bridgehead atoms. The largest absolute Gasteiger partial charge is 0.325 e. The smallest absolute Gasteiger partial charge is 0.228 e. The van der Waals surface area contributed by atoms with Crippen molar-refractivity contribution in [3.63, 3.8) is 0 Å². The Morgan fingerprint density at radius 1 is 1.15 bits per heavy atom. The van der Waals surface area contributed by atoms with E-state index in [9.17, 15) is 21.6 Å². The zero-order chi connectivity index (χ0) is 20.0. The highest BCUT2D eigenvalue weighted by Crippen LogP contribution is 2.46. The summed E-state index contributed by atoms with van der Waals surface area (Å²) in [7, 11) is -7.38. The maximum absolute atomic E-state index is 12.6. The fraction of sp³-hybridized carbons (Fsp3) is 0.375. The van der Waals surface area contributed by atoms with E-state index in [1.54, 1.807) is 12.3 Å². The zero-order valence-corrected chi connectivity index (χ0v) is 16.5. The standard InChI is InChI=1S/C16H18N4O5S2/c1-9-4-5-17-15(19-9)10-6-11(10)16(21)20-12-7-14(27(3,24)25)18-8-13(12)26(2,22)23/h4-5,7-8,10-11H,6H2,1-3H3,(H,18,20,21). The van der Waals surface area contributed by atoms with Gasteiger partial charge >= 0.3 is 0 Å². The van der Waals surface area contributed by atoms with Crippen LogP contribution in [0.5, 0.6) is 0 Å². The molecule has 0 spiro atoms. The molecule has 9 nitrogen and oxygen atoms in total. The Balaban J connectivity index is 1.87. The van der Waals surface area contributed by atoms with Gasteiger partial charge in [0.25, 0.3) is 0 Å². The van der Waals surface area contributed by atoms with E-state index in [1.165, 1.54) is 0 Å². The first-order valence-electron chi connectivity index (χ1n) is 7.97. The number of pyridine rings is 1. The SMILES string of the molecule is Cc1ccnc(C2CC2C(=O)Nc2cc(S(C)(=O)=O)ncc2S(C)(=O)=O)n1. The molecule has 1 aliphatic rings. The molecule has 1 N–H and O–H groups in total. The molecule has 2 aromatic heterocycles. The van der Waals surface area contributed by atoms with Crippen LogP contribution in [0.25, 0.3) is 0 Å². The van der Waals surface area contributed by atoms with Crippen LogP contribution in [0.1, 0.15) is 23.9 Å². The van der Waals surface area contributed by atoms with Crippen molar-refractivity contribution in [2.45, 2.75) is 29.2 Å². The van der Waals surface area contributed by atoms with E-state index in [4.69, 9.17) is 0 Å². The zero-order valence-electron chi connectivity index (χ0n) is 14.9. The molecule has 144 valence electrons.